The lowest BCUT2D eigenvalue weighted by atomic mass is 10.3. The molecule has 2 amide bonds. The zero-order valence-corrected chi connectivity index (χ0v) is 10.5. The van der Waals surface area contributed by atoms with E-state index in [0.29, 0.717) is 0 Å². The van der Waals surface area contributed by atoms with Crippen LogP contribution in [0.3, 0.4) is 0 Å². The van der Waals surface area contributed by atoms with Gasteiger partial charge in [-0.25, -0.2) is 4.79 Å². The second-order valence-electron chi connectivity index (χ2n) is 3.66. The number of aryl methyl sites for hydroxylation is 1. The van der Waals surface area contributed by atoms with Crippen LogP contribution in [0.1, 0.15) is 5.69 Å². The molecular formula is C12H13N3OS. The number of carbonyl (C=O) groups is 1. The fourth-order valence-corrected chi connectivity index (χ4v) is 2.03. The second kappa shape index (κ2) is 4.97. The zero-order chi connectivity index (χ0) is 12.3. The molecule has 1 aromatic heterocycles. The predicted octanol–water partition coefficient (Wildman–Crippen LogP) is 3.12. The van der Waals surface area contributed by atoms with Gasteiger partial charge in [-0.05, 0) is 36.7 Å². The van der Waals surface area contributed by atoms with E-state index < -0.39 is 0 Å². The van der Waals surface area contributed by atoms with E-state index >= 15 is 0 Å². The second-order valence-corrected chi connectivity index (χ2v) is 4.46. The summed E-state index contributed by atoms with van der Waals surface area (Å²) in [6.07, 6.45) is 0. The number of hydrogen-bond donors (Lipinski definition) is 1. The van der Waals surface area contributed by atoms with E-state index in [9.17, 15) is 4.79 Å². The molecule has 2 aromatic rings. The number of aromatic nitrogens is 1. The minimum absolute atomic E-state index is 0.167. The average Bonchev–Trinajstić information content (AvgIpc) is 2.75. The van der Waals surface area contributed by atoms with Gasteiger partial charge in [0.15, 0.2) is 0 Å². The SMILES string of the molecule is Cc1cc(NC(=O)N(C)c2ccccc2)sn1. The van der Waals surface area contributed by atoms with E-state index in [1.807, 2.05) is 43.3 Å². The Hall–Kier alpha value is -1.88. The molecule has 0 spiro atoms. The highest BCUT2D eigenvalue weighted by atomic mass is 32.1. The van der Waals surface area contributed by atoms with E-state index in [1.165, 1.54) is 11.5 Å². The Morgan fingerprint density at radius 1 is 1.35 bits per heavy atom. The van der Waals surface area contributed by atoms with Gasteiger partial charge in [0.2, 0.25) is 0 Å². The van der Waals surface area contributed by atoms with E-state index in [-0.39, 0.29) is 6.03 Å². The Balaban J connectivity index is 2.06. The maximum Gasteiger partial charge on any atom is 0.326 e. The van der Waals surface area contributed by atoms with Crippen molar-refractivity contribution in [3.05, 3.63) is 42.1 Å². The first-order valence-electron chi connectivity index (χ1n) is 5.20. The van der Waals surface area contributed by atoms with Crippen LogP contribution in [0.2, 0.25) is 0 Å². The third-order valence-electron chi connectivity index (χ3n) is 2.31. The van der Waals surface area contributed by atoms with Crippen LogP contribution in [-0.2, 0) is 0 Å². The Labute approximate surface area is 104 Å². The molecule has 1 heterocycles. The van der Waals surface area contributed by atoms with Crippen LogP contribution in [0, 0.1) is 6.92 Å². The van der Waals surface area contributed by atoms with Gasteiger partial charge in [0.25, 0.3) is 0 Å². The third-order valence-corrected chi connectivity index (χ3v) is 3.10. The van der Waals surface area contributed by atoms with Crippen molar-refractivity contribution < 1.29 is 4.79 Å². The Morgan fingerprint density at radius 3 is 2.65 bits per heavy atom. The number of carbonyl (C=O) groups excluding carboxylic acids is 1. The first-order valence-corrected chi connectivity index (χ1v) is 5.97. The molecule has 0 radical (unpaired) electrons. The molecule has 2 rings (SSSR count). The summed E-state index contributed by atoms with van der Waals surface area (Å²) in [6, 6.07) is 11.2. The molecule has 88 valence electrons. The standard InChI is InChI=1S/C12H13N3OS/c1-9-8-11(17-14-9)13-12(16)15(2)10-6-4-3-5-7-10/h3-8H,1-2H3,(H,13,16). The lowest BCUT2D eigenvalue weighted by Gasteiger charge is -2.16. The van der Waals surface area contributed by atoms with Gasteiger partial charge in [0.05, 0.1) is 5.69 Å². The van der Waals surface area contributed by atoms with Crippen LogP contribution in [0.4, 0.5) is 15.5 Å². The number of nitrogens with one attached hydrogen (secondary N) is 1. The molecule has 0 bridgehead atoms. The lowest BCUT2D eigenvalue weighted by molar-refractivity contribution is 0.258. The molecular weight excluding hydrogens is 234 g/mol. The fraction of sp³-hybridized carbons (Fsp3) is 0.167. The molecule has 0 aliphatic rings. The summed E-state index contributed by atoms with van der Waals surface area (Å²) >= 11 is 1.28. The van der Waals surface area contributed by atoms with Crippen LogP contribution in [0.5, 0.6) is 0 Å². The number of hydrogen-bond acceptors (Lipinski definition) is 3. The predicted molar refractivity (Wildman–Crippen MR) is 70.7 cm³/mol. The number of anilines is 2. The van der Waals surface area contributed by atoms with Gasteiger partial charge in [-0.3, -0.25) is 10.2 Å². The smallest absolute Gasteiger partial charge is 0.298 e. The molecule has 1 N–H and O–H groups in total. The minimum atomic E-state index is -0.167. The molecule has 0 saturated carbocycles. The Morgan fingerprint density at radius 2 is 2.06 bits per heavy atom. The zero-order valence-electron chi connectivity index (χ0n) is 9.68. The maximum absolute atomic E-state index is 11.9. The minimum Gasteiger partial charge on any atom is -0.298 e. The van der Waals surface area contributed by atoms with Crippen molar-refractivity contribution in [3.63, 3.8) is 0 Å². The van der Waals surface area contributed by atoms with Crippen LogP contribution in [0.15, 0.2) is 36.4 Å². The molecule has 0 aliphatic heterocycles. The van der Waals surface area contributed by atoms with Crippen molar-refractivity contribution >= 4 is 28.3 Å². The van der Waals surface area contributed by atoms with Crippen LogP contribution < -0.4 is 10.2 Å². The first-order chi connectivity index (χ1) is 8.16. The molecule has 0 unspecified atom stereocenters. The van der Waals surface area contributed by atoms with Gasteiger partial charge >= 0.3 is 6.03 Å². The number of nitrogens with zero attached hydrogens (tertiary/aromatic N) is 2. The van der Waals surface area contributed by atoms with Crippen molar-refractivity contribution in [2.24, 2.45) is 0 Å². The van der Waals surface area contributed by atoms with Crippen molar-refractivity contribution in [1.82, 2.24) is 4.37 Å². The molecule has 17 heavy (non-hydrogen) atoms. The van der Waals surface area contributed by atoms with Gasteiger partial charge in [0.1, 0.15) is 5.00 Å². The maximum atomic E-state index is 11.9. The summed E-state index contributed by atoms with van der Waals surface area (Å²) in [6.45, 7) is 1.90. The normalized spacial score (nSPS) is 10.0. The van der Waals surface area contributed by atoms with Gasteiger partial charge < -0.3 is 0 Å². The monoisotopic (exact) mass is 247 g/mol. The highest BCUT2D eigenvalue weighted by Gasteiger charge is 2.11. The fourth-order valence-electron chi connectivity index (χ4n) is 1.38. The van der Waals surface area contributed by atoms with Crippen LogP contribution in [0.25, 0.3) is 0 Å². The van der Waals surface area contributed by atoms with Crippen molar-refractivity contribution in [2.45, 2.75) is 6.92 Å². The highest BCUT2D eigenvalue weighted by molar-refractivity contribution is 7.10. The van der Waals surface area contributed by atoms with E-state index in [0.717, 1.165) is 16.4 Å². The van der Waals surface area contributed by atoms with Crippen molar-refractivity contribution in [3.8, 4) is 0 Å². The lowest BCUT2D eigenvalue weighted by Crippen LogP contribution is -2.30. The Kier molecular flexibility index (Phi) is 3.39. The summed E-state index contributed by atoms with van der Waals surface area (Å²) in [7, 11) is 1.73. The molecule has 1 aromatic carbocycles. The molecule has 5 heteroatoms. The topological polar surface area (TPSA) is 45.2 Å². The summed E-state index contributed by atoms with van der Waals surface area (Å²) in [5.41, 5.74) is 1.76. The van der Waals surface area contributed by atoms with Gasteiger partial charge in [-0.1, -0.05) is 18.2 Å². The van der Waals surface area contributed by atoms with Crippen molar-refractivity contribution in [2.75, 3.05) is 17.3 Å². The number of rotatable bonds is 2. The van der Waals surface area contributed by atoms with Gasteiger partial charge in [-0.15, -0.1) is 0 Å². The third kappa shape index (κ3) is 2.82. The summed E-state index contributed by atoms with van der Waals surface area (Å²) < 4.78 is 4.11. The molecule has 0 aliphatic carbocycles. The molecule has 4 nitrogen and oxygen atoms in total. The molecule has 0 saturated heterocycles. The summed E-state index contributed by atoms with van der Waals surface area (Å²) in [5, 5.41) is 3.56. The van der Waals surface area contributed by atoms with Gasteiger partial charge in [-0.2, -0.15) is 4.37 Å². The first kappa shape index (κ1) is 11.6. The van der Waals surface area contributed by atoms with Crippen LogP contribution in [-0.4, -0.2) is 17.5 Å². The quantitative estimate of drug-likeness (QED) is 0.886. The number of amides is 2. The highest BCUT2D eigenvalue weighted by Crippen LogP contribution is 2.17. The Bertz CT molecular complexity index is 509. The van der Waals surface area contributed by atoms with E-state index in [1.54, 1.807) is 11.9 Å². The van der Waals surface area contributed by atoms with Crippen LogP contribution >= 0.6 is 11.5 Å². The number of para-hydroxylation sites is 1. The molecule has 0 atom stereocenters. The van der Waals surface area contributed by atoms with Crippen molar-refractivity contribution in [1.29, 1.82) is 0 Å². The molecule has 0 fully saturated rings. The summed E-state index contributed by atoms with van der Waals surface area (Å²) in [4.78, 5) is 13.5. The van der Waals surface area contributed by atoms with E-state index in [4.69, 9.17) is 0 Å². The summed E-state index contributed by atoms with van der Waals surface area (Å²) in [5.74, 6) is 0. The average molecular weight is 247 g/mol. The number of urea groups is 1. The largest absolute Gasteiger partial charge is 0.326 e. The van der Waals surface area contributed by atoms with E-state index in [2.05, 4.69) is 9.69 Å². The van der Waals surface area contributed by atoms with Gasteiger partial charge in [0, 0.05) is 12.7 Å². The number of benzene rings is 1.